The predicted molar refractivity (Wildman–Crippen MR) is 127 cm³/mol. The third-order valence-corrected chi connectivity index (χ3v) is 5.93. The number of amides is 1. The first-order valence-electron chi connectivity index (χ1n) is 11.6. The molecule has 1 aromatic heterocycles. The van der Waals surface area contributed by atoms with Crippen molar-refractivity contribution >= 4 is 17.3 Å². The number of anilines is 2. The summed E-state index contributed by atoms with van der Waals surface area (Å²) in [7, 11) is 0. The van der Waals surface area contributed by atoms with Crippen LogP contribution in [0.25, 0.3) is 11.3 Å². The topological polar surface area (TPSA) is 67.6 Å². The number of nitrogens with one attached hydrogen (secondary N) is 1. The zero-order valence-corrected chi connectivity index (χ0v) is 19.7. The number of benzene rings is 2. The van der Waals surface area contributed by atoms with Gasteiger partial charge in [0.1, 0.15) is 0 Å². The number of alkyl halides is 3. The van der Waals surface area contributed by atoms with Crippen molar-refractivity contribution in [3.8, 4) is 11.3 Å². The molecule has 0 radical (unpaired) electrons. The van der Waals surface area contributed by atoms with Crippen molar-refractivity contribution in [2.24, 2.45) is 0 Å². The summed E-state index contributed by atoms with van der Waals surface area (Å²) in [4.78, 5) is 18.8. The van der Waals surface area contributed by atoms with Crippen LogP contribution in [0.3, 0.4) is 0 Å². The van der Waals surface area contributed by atoms with Crippen molar-refractivity contribution in [1.82, 2.24) is 4.98 Å². The molecule has 0 unspecified atom stereocenters. The van der Waals surface area contributed by atoms with Crippen LogP contribution in [0.15, 0.2) is 53.1 Å². The first kappa shape index (κ1) is 24.8. The van der Waals surface area contributed by atoms with Crippen LogP contribution in [-0.4, -0.2) is 37.2 Å². The van der Waals surface area contributed by atoms with E-state index in [1.807, 2.05) is 29.2 Å². The molecule has 3 aromatic rings. The van der Waals surface area contributed by atoms with Gasteiger partial charge in [0, 0.05) is 31.5 Å². The molecule has 186 valence electrons. The molecule has 35 heavy (non-hydrogen) atoms. The summed E-state index contributed by atoms with van der Waals surface area (Å²) < 4.78 is 51.0. The number of carbonyl (C=O) groups is 1. The molecule has 0 bridgehead atoms. The standard InChI is InChI=1S/C26H28F3N3O3/c1-17(2)18-3-5-19(6-4-18)23-16-30-25(35-23)10-9-24(33)31-21-15-20(26(27,28)29)7-8-22(21)32-11-13-34-14-12-32/h3-8,15-17H,9-14H2,1-2H3,(H,31,33). The molecule has 1 N–H and O–H groups in total. The SMILES string of the molecule is CC(C)c1ccc(-c2cnc(CCC(=O)Nc3cc(C(F)(F)F)ccc3N3CCOCC3)o2)cc1. The van der Waals surface area contributed by atoms with E-state index in [1.165, 1.54) is 11.6 Å². The number of nitrogens with zero attached hydrogens (tertiary/aromatic N) is 2. The van der Waals surface area contributed by atoms with E-state index in [-0.39, 0.29) is 18.5 Å². The van der Waals surface area contributed by atoms with Gasteiger partial charge in [-0.25, -0.2) is 4.98 Å². The molecule has 4 rings (SSSR count). The molecule has 1 aliphatic rings. The van der Waals surface area contributed by atoms with Gasteiger partial charge < -0.3 is 19.4 Å². The lowest BCUT2D eigenvalue weighted by Gasteiger charge is -2.31. The molecule has 1 amide bonds. The highest BCUT2D eigenvalue weighted by molar-refractivity contribution is 5.94. The lowest BCUT2D eigenvalue weighted by atomic mass is 10.0. The second-order valence-corrected chi connectivity index (χ2v) is 8.77. The maximum atomic E-state index is 13.3. The Labute approximate surface area is 202 Å². The minimum atomic E-state index is -4.51. The minimum absolute atomic E-state index is 0.0189. The largest absolute Gasteiger partial charge is 0.441 e. The molecule has 1 saturated heterocycles. The molecule has 0 spiro atoms. The molecule has 2 aromatic carbocycles. The number of morpholine rings is 1. The fraction of sp³-hybridized carbons (Fsp3) is 0.385. The highest BCUT2D eigenvalue weighted by Crippen LogP contribution is 2.36. The summed E-state index contributed by atoms with van der Waals surface area (Å²) in [5.41, 5.74) is 1.96. The first-order chi connectivity index (χ1) is 16.7. The zero-order chi connectivity index (χ0) is 25.0. The number of aromatic nitrogens is 1. The van der Waals surface area contributed by atoms with Gasteiger partial charge in [0.05, 0.1) is 36.3 Å². The summed E-state index contributed by atoms with van der Waals surface area (Å²) in [6.07, 6.45) is -2.65. The van der Waals surface area contributed by atoms with E-state index in [0.29, 0.717) is 49.6 Å². The van der Waals surface area contributed by atoms with Crippen molar-refractivity contribution in [1.29, 1.82) is 0 Å². The van der Waals surface area contributed by atoms with Crippen LogP contribution in [0.1, 0.15) is 43.2 Å². The van der Waals surface area contributed by atoms with Crippen LogP contribution in [0.4, 0.5) is 24.5 Å². The molecular formula is C26H28F3N3O3. The van der Waals surface area contributed by atoms with Crippen molar-refractivity contribution in [2.75, 3.05) is 36.5 Å². The van der Waals surface area contributed by atoms with E-state index in [4.69, 9.17) is 9.15 Å². The fourth-order valence-corrected chi connectivity index (χ4v) is 3.92. The molecule has 1 aliphatic heterocycles. The van der Waals surface area contributed by atoms with Gasteiger partial charge in [0.25, 0.3) is 0 Å². The van der Waals surface area contributed by atoms with E-state index >= 15 is 0 Å². The number of aryl methyl sites for hydroxylation is 1. The van der Waals surface area contributed by atoms with Gasteiger partial charge in [-0.3, -0.25) is 4.79 Å². The maximum absolute atomic E-state index is 13.3. The molecule has 6 nitrogen and oxygen atoms in total. The number of oxazole rings is 1. The summed E-state index contributed by atoms with van der Waals surface area (Å²) in [5.74, 6) is 0.997. The van der Waals surface area contributed by atoms with Crippen molar-refractivity contribution < 1.29 is 27.1 Å². The maximum Gasteiger partial charge on any atom is 0.416 e. The molecule has 0 saturated carbocycles. The number of halogens is 3. The fourth-order valence-electron chi connectivity index (χ4n) is 3.92. The van der Waals surface area contributed by atoms with Crippen LogP contribution in [-0.2, 0) is 22.1 Å². The Morgan fingerprint density at radius 2 is 1.83 bits per heavy atom. The Morgan fingerprint density at radius 3 is 2.49 bits per heavy atom. The molecule has 0 aliphatic carbocycles. The van der Waals surface area contributed by atoms with Gasteiger partial charge in [-0.2, -0.15) is 13.2 Å². The van der Waals surface area contributed by atoms with Gasteiger partial charge in [0.15, 0.2) is 11.7 Å². The van der Waals surface area contributed by atoms with Crippen molar-refractivity contribution in [3.63, 3.8) is 0 Å². The summed E-state index contributed by atoms with van der Waals surface area (Å²) in [6, 6.07) is 11.4. The molecule has 0 atom stereocenters. The Morgan fingerprint density at radius 1 is 1.11 bits per heavy atom. The Kier molecular flexibility index (Phi) is 7.45. The smallest absolute Gasteiger partial charge is 0.416 e. The first-order valence-corrected chi connectivity index (χ1v) is 11.6. The second-order valence-electron chi connectivity index (χ2n) is 8.77. The predicted octanol–water partition coefficient (Wildman–Crippen LogP) is 5.89. The third-order valence-electron chi connectivity index (χ3n) is 5.93. The number of ether oxygens (including phenoxy) is 1. The third kappa shape index (κ3) is 6.22. The van der Waals surface area contributed by atoms with Crippen LogP contribution < -0.4 is 10.2 Å². The van der Waals surface area contributed by atoms with Gasteiger partial charge in [-0.15, -0.1) is 0 Å². The number of rotatable bonds is 7. The van der Waals surface area contributed by atoms with Crippen LogP contribution >= 0.6 is 0 Å². The van der Waals surface area contributed by atoms with Gasteiger partial charge >= 0.3 is 6.18 Å². The Balaban J connectivity index is 1.43. The normalized spacial score (nSPS) is 14.4. The molecule has 9 heteroatoms. The zero-order valence-electron chi connectivity index (χ0n) is 19.7. The number of hydrogen-bond acceptors (Lipinski definition) is 5. The Bertz CT molecular complexity index is 1150. The van der Waals surface area contributed by atoms with Crippen LogP contribution in [0.2, 0.25) is 0 Å². The van der Waals surface area contributed by atoms with E-state index < -0.39 is 17.6 Å². The average Bonchev–Trinajstić information content (AvgIpc) is 3.32. The number of hydrogen-bond donors (Lipinski definition) is 1. The lowest BCUT2D eigenvalue weighted by molar-refractivity contribution is -0.137. The molecule has 2 heterocycles. The van der Waals surface area contributed by atoms with E-state index in [1.54, 1.807) is 6.20 Å². The van der Waals surface area contributed by atoms with Crippen LogP contribution in [0.5, 0.6) is 0 Å². The lowest BCUT2D eigenvalue weighted by Crippen LogP contribution is -2.36. The minimum Gasteiger partial charge on any atom is -0.441 e. The molecular weight excluding hydrogens is 459 g/mol. The summed E-state index contributed by atoms with van der Waals surface area (Å²) in [5, 5.41) is 2.65. The highest BCUT2D eigenvalue weighted by atomic mass is 19.4. The van der Waals surface area contributed by atoms with E-state index in [9.17, 15) is 18.0 Å². The van der Waals surface area contributed by atoms with E-state index in [0.717, 1.165) is 17.7 Å². The van der Waals surface area contributed by atoms with Crippen LogP contribution in [0, 0.1) is 0 Å². The molecule has 1 fully saturated rings. The highest BCUT2D eigenvalue weighted by Gasteiger charge is 2.32. The van der Waals surface area contributed by atoms with Gasteiger partial charge in [-0.1, -0.05) is 38.1 Å². The summed E-state index contributed by atoms with van der Waals surface area (Å²) >= 11 is 0. The van der Waals surface area contributed by atoms with Crippen molar-refractivity contribution in [2.45, 2.75) is 38.8 Å². The van der Waals surface area contributed by atoms with E-state index in [2.05, 4.69) is 24.1 Å². The average molecular weight is 488 g/mol. The quantitative estimate of drug-likeness (QED) is 0.450. The van der Waals surface area contributed by atoms with Gasteiger partial charge in [0.2, 0.25) is 5.91 Å². The second kappa shape index (κ2) is 10.5. The van der Waals surface area contributed by atoms with Crippen molar-refractivity contribution in [3.05, 3.63) is 65.7 Å². The monoisotopic (exact) mass is 487 g/mol. The summed E-state index contributed by atoms with van der Waals surface area (Å²) in [6.45, 7) is 6.25. The Hall–Kier alpha value is -3.33. The van der Waals surface area contributed by atoms with Gasteiger partial charge in [-0.05, 0) is 29.7 Å². The number of carbonyl (C=O) groups excluding carboxylic acids is 1.